The fraction of sp³-hybridized carbons (Fsp3) is 0.182. The van der Waals surface area contributed by atoms with Crippen molar-refractivity contribution in [2.24, 2.45) is 7.05 Å². The Morgan fingerprint density at radius 1 is 1.39 bits per heavy atom. The van der Waals surface area contributed by atoms with Crippen LogP contribution in [0.5, 0.6) is 11.5 Å². The van der Waals surface area contributed by atoms with Gasteiger partial charge >= 0.3 is 0 Å². The third-order valence-corrected chi connectivity index (χ3v) is 2.48. The van der Waals surface area contributed by atoms with Crippen molar-refractivity contribution in [3.05, 3.63) is 30.0 Å². The highest BCUT2D eigenvalue weighted by Crippen LogP contribution is 2.32. The average molecular weight is 246 g/mol. The van der Waals surface area contributed by atoms with Crippen LogP contribution in [0.2, 0.25) is 0 Å². The van der Waals surface area contributed by atoms with Crippen LogP contribution in [0.4, 0.5) is 5.82 Å². The third-order valence-electron chi connectivity index (χ3n) is 2.48. The quantitative estimate of drug-likeness (QED) is 0.847. The Kier molecular flexibility index (Phi) is 2.36. The third kappa shape index (κ3) is 1.86. The maximum absolute atomic E-state index is 11.9. The predicted molar refractivity (Wildman–Crippen MR) is 61.5 cm³/mol. The fourth-order valence-electron chi connectivity index (χ4n) is 1.63. The minimum Gasteiger partial charge on any atom is -0.454 e. The lowest BCUT2D eigenvalue weighted by atomic mass is 10.2. The maximum atomic E-state index is 11.9. The van der Waals surface area contributed by atoms with Crippen molar-refractivity contribution in [1.82, 2.24) is 15.0 Å². The molecule has 2 heterocycles. The summed E-state index contributed by atoms with van der Waals surface area (Å²) in [5, 5.41) is 10.1. The van der Waals surface area contributed by atoms with Crippen LogP contribution in [0.3, 0.4) is 0 Å². The summed E-state index contributed by atoms with van der Waals surface area (Å²) >= 11 is 0. The lowest BCUT2D eigenvalue weighted by Gasteiger charge is -2.02. The Morgan fingerprint density at radius 3 is 3.00 bits per heavy atom. The molecule has 0 aliphatic carbocycles. The highest BCUT2D eigenvalue weighted by molar-refractivity contribution is 6.04. The summed E-state index contributed by atoms with van der Waals surface area (Å²) < 4.78 is 11.9. The number of nitrogens with one attached hydrogen (secondary N) is 1. The van der Waals surface area contributed by atoms with Gasteiger partial charge in [0.2, 0.25) is 6.79 Å². The second-order valence-corrected chi connectivity index (χ2v) is 3.80. The van der Waals surface area contributed by atoms with Crippen molar-refractivity contribution >= 4 is 11.7 Å². The van der Waals surface area contributed by atoms with Gasteiger partial charge in [-0.15, -0.1) is 5.10 Å². The van der Waals surface area contributed by atoms with E-state index in [-0.39, 0.29) is 12.7 Å². The van der Waals surface area contributed by atoms with Crippen LogP contribution in [0, 0.1) is 0 Å². The van der Waals surface area contributed by atoms with Crippen molar-refractivity contribution in [3.8, 4) is 11.5 Å². The van der Waals surface area contributed by atoms with Crippen LogP contribution in [-0.2, 0) is 7.05 Å². The first-order valence-corrected chi connectivity index (χ1v) is 5.30. The summed E-state index contributed by atoms with van der Waals surface area (Å²) in [6.45, 7) is 0.185. The SMILES string of the molecule is Cn1cc(NC(=O)c2ccc3c(c2)OCO3)nn1. The van der Waals surface area contributed by atoms with E-state index in [0.29, 0.717) is 22.9 Å². The molecule has 1 aliphatic heterocycles. The van der Waals surface area contributed by atoms with Gasteiger partial charge in [0.15, 0.2) is 17.3 Å². The average Bonchev–Trinajstić information content (AvgIpc) is 2.96. The summed E-state index contributed by atoms with van der Waals surface area (Å²) in [5.74, 6) is 1.35. The number of aromatic nitrogens is 3. The van der Waals surface area contributed by atoms with Crippen molar-refractivity contribution in [3.63, 3.8) is 0 Å². The normalized spacial score (nSPS) is 12.5. The zero-order valence-electron chi connectivity index (χ0n) is 9.58. The van der Waals surface area contributed by atoms with Crippen LogP contribution in [0.1, 0.15) is 10.4 Å². The number of rotatable bonds is 2. The molecule has 7 heteroatoms. The summed E-state index contributed by atoms with van der Waals surface area (Å²) in [7, 11) is 1.73. The molecule has 1 aromatic carbocycles. The maximum Gasteiger partial charge on any atom is 0.257 e. The van der Waals surface area contributed by atoms with Crippen LogP contribution < -0.4 is 14.8 Å². The monoisotopic (exact) mass is 246 g/mol. The summed E-state index contributed by atoms with van der Waals surface area (Å²) in [4.78, 5) is 11.9. The second-order valence-electron chi connectivity index (χ2n) is 3.80. The first-order chi connectivity index (χ1) is 8.72. The predicted octanol–water partition coefficient (Wildman–Crippen LogP) is 0.796. The molecule has 92 valence electrons. The molecule has 0 radical (unpaired) electrons. The minimum atomic E-state index is -0.270. The number of benzene rings is 1. The number of hydrogen-bond donors (Lipinski definition) is 1. The van der Waals surface area contributed by atoms with Crippen molar-refractivity contribution in [1.29, 1.82) is 0 Å². The van der Waals surface area contributed by atoms with Gasteiger partial charge in [-0.25, -0.2) is 0 Å². The summed E-state index contributed by atoms with van der Waals surface area (Å²) in [6, 6.07) is 5.00. The van der Waals surface area contributed by atoms with Crippen LogP contribution in [-0.4, -0.2) is 27.7 Å². The van der Waals surface area contributed by atoms with E-state index in [1.165, 1.54) is 4.68 Å². The number of fused-ring (bicyclic) bond motifs is 1. The van der Waals surface area contributed by atoms with Gasteiger partial charge in [0.1, 0.15) is 0 Å². The number of amides is 1. The number of nitrogens with zero attached hydrogens (tertiary/aromatic N) is 3. The van der Waals surface area contributed by atoms with Gasteiger partial charge in [-0.05, 0) is 18.2 Å². The van der Waals surface area contributed by atoms with E-state index in [1.807, 2.05) is 0 Å². The van der Waals surface area contributed by atoms with Crippen LogP contribution >= 0.6 is 0 Å². The fourth-order valence-corrected chi connectivity index (χ4v) is 1.63. The first-order valence-electron chi connectivity index (χ1n) is 5.30. The molecule has 0 saturated carbocycles. The Bertz CT molecular complexity index is 608. The van der Waals surface area contributed by atoms with Crippen molar-refractivity contribution < 1.29 is 14.3 Å². The summed E-state index contributed by atoms with van der Waals surface area (Å²) in [5.41, 5.74) is 0.477. The Balaban J connectivity index is 1.80. The molecule has 0 unspecified atom stereocenters. The van der Waals surface area contributed by atoms with E-state index in [0.717, 1.165) is 0 Å². The zero-order valence-corrected chi connectivity index (χ0v) is 9.58. The van der Waals surface area contributed by atoms with Crippen LogP contribution in [0.15, 0.2) is 24.4 Å². The molecule has 1 N–H and O–H groups in total. The smallest absolute Gasteiger partial charge is 0.257 e. The molecule has 0 fully saturated rings. The second kappa shape index (κ2) is 4.02. The lowest BCUT2D eigenvalue weighted by Crippen LogP contribution is -2.12. The number of anilines is 1. The minimum absolute atomic E-state index is 0.185. The Labute approximate surface area is 102 Å². The van der Waals surface area contributed by atoms with Gasteiger partial charge in [-0.2, -0.15) is 0 Å². The standard InChI is InChI=1S/C11H10N4O3/c1-15-5-10(13-14-15)12-11(16)7-2-3-8-9(4-7)18-6-17-8/h2-5H,6H2,1H3,(H,12,16). The molecule has 0 bridgehead atoms. The van der Waals surface area contributed by atoms with Crippen LogP contribution in [0.25, 0.3) is 0 Å². The molecule has 7 nitrogen and oxygen atoms in total. The van der Waals surface area contributed by atoms with Gasteiger partial charge < -0.3 is 14.8 Å². The number of hydrogen-bond acceptors (Lipinski definition) is 5. The highest BCUT2D eigenvalue weighted by atomic mass is 16.7. The van der Waals surface area contributed by atoms with Gasteiger partial charge in [-0.1, -0.05) is 5.21 Å². The molecular formula is C11H10N4O3. The number of carbonyl (C=O) groups excluding carboxylic acids is 1. The summed E-state index contributed by atoms with van der Waals surface area (Å²) in [6.07, 6.45) is 1.62. The van der Waals surface area contributed by atoms with E-state index in [1.54, 1.807) is 31.4 Å². The highest BCUT2D eigenvalue weighted by Gasteiger charge is 2.16. The van der Waals surface area contributed by atoms with Crippen molar-refractivity contribution in [2.75, 3.05) is 12.1 Å². The Morgan fingerprint density at radius 2 is 2.22 bits per heavy atom. The number of carbonyl (C=O) groups is 1. The van der Waals surface area contributed by atoms with E-state index >= 15 is 0 Å². The first kappa shape index (κ1) is 10.6. The molecule has 0 spiro atoms. The largest absolute Gasteiger partial charge is 0.454 e. The van der Waals surface area contributed by atoms with E-state index < -0.39 is 0 Å². The van der Waals surface area contributed by atoms with E-state index in [4.69, 9.17) is 9.47 Å². The zero-order chi connectivity index (χ0) is 12.5. The lowest BCUT2D eigenvalue weighted by molar-refractivity contribution is 0.102. The molecular weight excluding hydrogens is 236 g/mol. The molecule has 2 aromatic rings. The van der Waals surface area contributed by atoms with Crippen molar-refractivity contribution in [2.45, 2.75) is 0 Å². The van der Waals surface area contributed by atoms with E-state index in [2.05, 4.69) is 15.6 Å². The van der Waals surface area contributed by atoms with Gasteiger partial charge in [0.05, 0.1) is 6.20 Å². The molecule has 18 heavy (non-hydrogen) atoms. The van der Waals surface area contributed by atoms with Gasteiger partial charge in [-0.3, -0.25) is 9.48 Å². The topological polar surface area (TPSA) is 78.3 Å². The molecule has 1 aliphatic rings. The molecule has 0 atom stereocenters. The van der Waals surface area contributed by atoms with Gasteiger partial charge in [0.25, 0.3) is 5.91 Å². The Hall–Kier alpha value is -2.57. The number of ether oxygens (including phenoxy) is 2. The van der Waals surface area contributed by atoms with Gasteiger partial charge in [0, 0.05) is 12.6 Å². The molecule has 1 amide bonds. The molecule has 3 rings (SSSR count). The molecule has 0 saturated heterocycles. The number of aryl methyl sites for hydroxylation is 1. The van der Waals surface area contributed by atoms with E-state index in [9.17, 15) is 4.79 Å². The molecule has 1 aromatic heterocycles.